The van der Waals surface area contributed by atoms with Crippen LogP contribution in [0.1, 0.15) is 5.56 Å². The van der Waals surface area contributed by atoms with Crippen molar-refractivity contribution in [3.63, 3.8) is 0 Å². The molecular weight excluding hydrogens is 264 g/mol. The molecule has 1 aliphatic heterocycles. The zero-order valence-electron chi connectivity index (χ0n) is 12.3. The predicted molar refractivity (Wildman–Crippen MR) is 83.7 cm³/mol. The minimum atomic E-state index is 0.0753. The fraction of sp³-hybridized carbons (Fsp3) is 0.353. The molecule has 1 amide bonds. The zero-order valence-corrected chi connectivity index (χ0v) is 12.3. The van der Waals surface area contributed by atoms with Crippen LogP contribution >= 0.6 is 0 Å². The molecule has 110 valence electrons. The first-order valence-corrected chi connectivity index (χ1v) is 7.43. The minimum absolute atomic E-state index is 0.0753. The largest absolute Gasteiger partial charge is 0.370 e. The van der Waals surface area contributed by atoms with Crippen LogP contribution in [0, 0.1) is 6.92 Å². The molecule has 1 fully saturated rings. The van der Waals surface area contributed by atoms with E-state index in [0.717, 1.165) is 48.3 Å². The molecule has 0 unspecified atom stereocenters. The van der Waals surface area contributed by atoms with Gasteiger partial charge in [0.05, 0.1) is 18.9 Å². The van der Waals surface area contributed by atoms with E-state index >= 15 is 0 Å². The second-order valence-corrected chi connectivity index (χ2v) is 5.57. The molecule has 4 nitrogen and oxygen atoms in total. The Morgan fingerprint density at radius 2 is 1.95 bits per heavy atom. The van der Waals surface area contributed by atoms with Crippen LogP contribution in [0.15, 0.2) is 36.4 Å². The summed E-state index contributed by atoms with van der Waals surface area (Å²) in [5, 5.41) is 5.35. The van der Waals surface area contributed by atoms with E-state index in [1.54, 1.807) is 0 Å². The van der Waals surface area contributed by atoms with Crippen LogP contribution < -0.4 is 10.2 Å². The van der Waals surface area contributed by atoms with E-state index in [1.807, 2.05) is 19.1 Å². The van der Waals surface area contributed by atoms with Crippen LogP contribution in [0.4, 0.5) is 5.69 Å². The highest BCUT2D eigenvalue weighted by Gasteiger charge is 2.18. The van der Waals surface area contributed by atoms with Crippen molar-refractivity contribution >= 4 is 22.4 Å². The lowest BCUT2D eigenvalue weighted by Gasteiger charge is -2.23. The first kappa shape index (κ1) is 14.0. The average Bonchev–Trinajstić information content (AvgIpc) is 2.51. The highest BCUT2D eigenvalue weighted by atomic mass is 16.5. The Kier molecular flexibility index (Phi) is 4.18. The van der Waals surface area contributed by atoms with Crippen LogP contribution in [0.5, 0.6) is 0 Å². The lowest BCUT2D eigenvalue weighted by molar-refractivity contribution is -0.899. The van der Waals surface area contributed by atoms with Crippen LogP contribution in [0.2, 0.25) is 0 Å². The molecule has 0 spiro atoms. The summed E-state index contributed by atoms with van der Waals surface area (Å²) >= 11 is 0. The van der Waals surface area contributed by atoms with Crippen molar-refractivity contribution in [1.29, 1.82) is 0 Å². The van der Waals surface area contributed by atoms with Gasteiger partial charge in [0.2, 0.25) is 0 Å². The van der Waals surface area contributed by atoms with Gasteiger partial charge in [-0.25, -0.2) is 0 Å². The number of hydrogen-bond donors (Lipinski definition) is 2. The third-order valence-corrected chi connectivity index (χ3v) is 4.01. The lowest BCUT2D eigenvalue weighted by Crippen LogP contribution is -3.15. The molecule has 1 aliphatic rings. The van der Waals surface area contributed by atoms with E-state index < -0.39 is 0 Å². The maximum absolute atomic E-state index is 12.3. The highest BCUT2D eigenvalue weighted by Crippen LogP contribution is 2.26. The standard InChI is InChI=1S/C17H20N2O2/c1-13-6-7-14-4-2-3-5-15(14)17(13)18-16(20)12-19-8-10-21-11-9-19/h2-7H,8-12H2,1H3,(H,18,20)/p+1. The molecule has 0 atom stereocenters. The minimum Gasteiger partial charge on any atom is -0.370 e. The number of hydrogen-bond acceptors (Lipinski definition) is 2. The maximum Gasteiger partial charge on any atom is 0.279 e. The smallest absolute Gasteiger partial charge is 0.279 e. The molecule has 3 rings (SSSR count). The number of carbonyl (C=O) groups is 1. The summed E-state index contributed by atoms with van der Waals surface area (Å²) < 4.78 is 5.32. The van der Waals surface area contributed by atoms with Gasteiger partial charge in [0.25, 0.3) is 5.91 Å². The Morgan fingerprint density at radius 1 is 1.19 bits per heavy atom. The van der Waals surface area contributed by atoms with E-state index in [2.05, 4.69) is 29.6 Å². The number of morpholine rings is 1. The Hall–Kier alpha value is -1.91. The molecule has 1 saturated heterocycles. The van der Waals surface area contributed by atoms with Gasteiger partial charge in [-0.3, -0.25) is 4.79 Å². The molecule has 0 bridgehead atoms. The first-order chi connectivity index (χ1) is 10.2. The Morgan fingerprint density at radius 3 is 2.76 bits per heavy atom. The average molecular weight is 285 g/mol. The van der Waals surface area contributed by atoms with Gasteiger partial charge in [-0.1, -0.05) is 36.4 Å². The summed E-state index contributed by atoms with van der Waals surface area (Å²) in [6.45, 7) is 5.84. The summed E-state index contributed by atoms with van der Waals surface area (Å²) in [7, 11) is 0. The number of anilines is 1. The summed E-state index contributed by atoms with van der Waals surface area (Å²) in [5.41, 5.74) is 2.03. The number of amides is 1. The zero-order chi connectivity index (χ0) is 14.7. The van der Waals surface area contributed by atoms with E-state index in [1.165, 1.54) is 4.90 Å². The second kappa shape index (κ2) is 6.24. The predicted octanol–water partition coefficient (Wildman–Crippen LogP) is 1.00. The fourth-order valence-electron chi connectivity index (χ4n) is 2.79. The SMILES string of the molecule is Cc1ccc2ccccc2c1NC(=O)C[NH+]1CCOCC1. The number of aryl methyl sites for hydroxylation is 1. The van der Waals surface area contributed by atoms with Crippen molar-refractivity contribution in [1.82, 2.24) is 0 Å². The molecule has 0 aromatic heterocycles. The first-order valence-electron chi connectivity index (χ1n) is 7.43. The van der Waals surface area contributed by atoms with Crippen molar-refractivity contribution in [2.75, 3.05) is 38.2 Å². The third kappa shape index (κ3) is 3.23. The highest BCUT2D eigenvalue weighted by molar-refractivity contribution is 6.03. The molecule has 0 radical (unpaired) electrons. The van der Waals surface area contributed by atoms with Gasteiger partial charge in [-0.15, -0.1) is 0 Å². The number of benzene rings is 2. The summed E-state index contributed by atoms with van der Waals surface area (Å²) in [5.74, 6) is 0.0753. The van der Waals surface area contributed by atoms with Crippen molar-refractivity contribution in [2.24, 2.45) is 0 Å². The van der Waals surface area contributed by atoms with Gasteiger partial charge >= 0.3 is 0 Å². The van der Waals surface area contributed by atoms with Crippen molar-refractivity contribution in [3.8, 4) is 0 Å². The van der Waals surface area contributed by atoms with Crippen molar-refractivity contribution < 1.29 is 14.4 Å². The monoisotopic (exact) mass is 285 g/mol. The number of carbonyl (C=O) groups excluding carboxylic acids is 1. The summed E-state index contributed by atoms with van der Waals surface area (Å²) in [4.78, 5) is 13.6. The van der Waals surface area contributed by atoms with Gasteiger partial charge in [0, 0.05) is 5.39 Å². The number of fused-ring (bicyclic) bond motifs is 1. The molecule has 4 heteroatoms. The summed E-state index contributed by atoms with van der Waals surface area (Å²) in [6.07, 6.45) is 0. The molecule has 1 heterocycles. The molecule has 2 aromatic carbocycles. The van der Waals surface area contributed by atoms with Crippen LogP contribution in [-0.4, -0.2) is 38.8 Å². The molecule has 2 N–H and O–H groups in total. The van der Waals surface area contributed by atoms with E-state index in [0.29, 0.717) is 6.54 Å². The van der Waals surface area contributed by atoms with Crippen molar-refractivity contribution in [3.05, 3.63) is 42.0 Å². The second-order valence-electron chi connectivity index (χ2n) is 5.57. The molecule has 2 aromatic rings. The summed E-state index contributed by atoms with van der Waals surface area (Å²) in [6, 6.07) is 12.3. The third-order valence-electron chi connectivity index (χ3n) is 4.01. The Bertz CT molecular complexity index is 648. The Labute approximate surface area is 124 Å². The van der Waals surface area contributed by atoms with E-state index in [-0.39, 0.29) is 5.91 Å². The topological polar surface area (TPSA) is 42.8 Å². The number of rotatable bonds is 3. The van der Waals surface area contributed by atoms with Crippen molar-refractivity contribution in [2.45, 2.75) is 6.92 Å². The van der Waals surface area contributed by atoms with E-state index in [9.17, 15) is 4.79 Å². The van der Waals surface area contributed by atoms with Crippen LogP contribution in [0.3, 0.4) is 0 Å². The van der Waals surface area contributed by atoms with Gasteiger partial charge in [-0.2, -0.15) is 0 Å². The lowest BCUT2D eigenvalue weighted by atomic mass is 10.0. The number of quaternary nitrogens is 1. The number of nitrogens with one attached hydrogen (secondary N) is 2. The normalized spacial score (nSPS) is 16.0. The van der Waals surface area contributed by atoms with Crippen LogP contribution in [0.25, 0.3) is 10.8 Å². The van der Waals surface area contributed by atoms with Crippen LogP contribution in [-0.2, 0) is 9.53 Å². The van der Waals surface area contributed by atoms with Gasteiger partial charge in [-0.05, 0) is 17.9 Å². The van der Waals surface area contributed by atoms with Gasteiger partial charge < -0.3 is 15.0 Å². The molecule has 21 heavy (non-hydrogen) atoms. The molecule has 0 saturated carbocycles. The fourth-order valence-corrected chi connectivity index (χ4v) is 2.79. The van der Waals surface area contributed by atoms with E-state index in [4.69, 9.17) is 4.74 Å². The number of ether oxygens (including phenoxy) is 1. The molecule has 0 aliphatic carbocycles. The maximum atomic E-state index is 12.3. The Balaban J connectivity index is 1.77. The molecular formula is C17H21N2O2+. The van der Waals surface area contributed by atoms with Gasteiger partial charge in [0.15, 0.2) is 6.54 Å². The quantitative estimate of drug-likeness (QED) is 0.883. The van der Waals surface area contributed by atoms with Gasteiger partial charge in [0.1, 0.15) is 13.1 Å².